The van der Waals surface area contributed by atoms with E-state index in [0.29, 0.717) is 91.2 Å². The first-order valence-corrected chi connectivity index (χ1v) is 29.4. The number of benzene rings is 4. The SMILES string of the molecule is CCC(=O)N[C@H]1C[C@@H](n2cnc3c(NCC(c4ccccc4)c4ccccc4)nc(N4CCC(N)C4)nc32)C(O)C1O.CCC(=O)N[C@H]1C[C@@H](n2cnc3c(NCC(c4ccccc4)c4ccccc4)nc(N[C@@H]4CCNC4)nc32)C(O)C1O. The summed E-state index contributed by atoms with van der Waals surface area (Å²) >= 11 is 0. The minimum Gasteiger partial charge on any atom is -0.388 e. The number of carbonyl (C=O) groups is 2. The summed E-state index contributed by atoms with van der Waals surface area (Å²) in [6.07, 6.45) is 2.01. The molecule has 4 aromatic carbocycles. The molecular formula is C62H76N16O6. The zero-order chi connectivity index (χ0) is 58.3. The molecule has 12 rings (SSSR count). The van der Waals surface area contributed by atoms with Crippen molar-refractivity contribution >= 4 is 57.7 Å². The number of imidazole rings is 2. The third-order valence-electron chi connectivity index (χ3n) is 16.8. The largest absolute Gasteiger partial charge is 0.388 e. The van der Waals surface area contributed by atoms with E-state index in [1.165, 1.54) is 22.3 Å². The van der Waals surface area contributed by atoms with Crippen LogP contribution in [0.4, 0.5) is 23.5 Å². The fourth-order valence-electron chi connectivity index (χ4n) is 12.2. The van der Waals surface area contributed by atoms with Crippen LogP contribution in [0.15, 0.2) is 134 Å². The number of aliphatic hydroxyl groups is 4. The fraction of sp³-hybridized carbons (Fsp3) is 0.419. The summed E-state index contributed by atoms with van der Waals surface area (Å²) in [5, 5.41) is 63.2. The molecule has 6 heterocycles. The second-order valence-electron chi connectivity index (χ2n) is 22.4. The number of hydrogen-bond donors (Lipinski definition) is 11. The highest BCUT2D eigenvalue weighted by Crippen LogP contribution is 2.38. The van der Waals surface area contributed by atoms with Crippen LogP contribution < -0.4 is 42.5 Å². The van der Waals surface area contributed by atoms with E-state index in [1.54, 1.807) is 35.6 Å². The third kappa shape index (κ3) is 12.7. The van der Waals surface area contributed by atoms with Crippen LogP contribution in [0.1, 0.15) is 98.5 Å². The topological polar surface area (TPSA) is 304 Å². The van der Waals surface area contributed by atoms with Crippen molar-refractivity contribution in [1.29, 1.82) is 0 Å². The molecule has 4 aliphatic rings. The monoisotopic (exact) mass is 1140 g/mol. The maximum absolute atomic E-state index is 12.1. The molecule has 2 saturated carbocycles. The molecule has 2 aliphatic heterocycles. The van der Waals surface area contributed by atoms with Gasteiger partial charge in [-0.05, 0) is 54.5 Å². The van der Waals surface area contributed by atoms with Gasteiger partial charge in [-0.25, -0.2) is 9.97 Å². The molecule has 2 aliphatic carbocycles. The molecule has 5 unspecified atom stereocenters. The molecule has 10 atom stereocenters. The standard InChI is InChI=1S/2C31H38N8O3/c1-2-25(40)35-23-15-24(28(42)27(23)41)39-18-34-26-29(36-31(37-30(26)39)38-14-13-21(32)17-38)33-16-22(19-9-5-3-6-10-19)20-11-7-4-8-12-20;1-2-25(40)36-23-15-24(28(42)27(23)41)39-18-34-26-29(37-31(38-30(26)39)35-21-13-14-32-16-21)33-17-22(19-9-5-3-6-10-19)20-11-7-4-8-12-20/h3-12,18,21-24,27-28,41-42H,2,13-17,32H2,1H3,(H,35,40)(H,33,36,37);3-12,18,21-24,27-28,32,41-42H,2,13-17H2,1H3,(H,36,40)(H2,33,35,37,38)/t21?,23-,24+,27?,28?;21-,23+,24-,27?,28?/m01/s1. The van der Waals surface area contributed by atoms with Crippen LogP contribution in [0.25, 0.3) is 22.3 Å². The average Bonchev–Trinajstić information content (AvgIpc) is 2.43. The van der Waals surface area contributed by atoms with Gasteiger partial charge in [0.1, 0.15) is 24.4 Å². The molecule has 4 aromatic heterocycles. The van der Waals surface area contributed by atoms with E-state index in [1.807, 2.05) is 72.8 Å². The Balaban J connectivity index is 0.000000175. The van der Waals surface area contributed by atoms with Crippen LogP contribution in [0.5, 0.6) is 0 Å². The van der Waals surface area contributed by atoms with Gasteiger partial charge in [0.05, 0.1) is 36.8 Å². The molecule has 2 saturated heterocycles. The first kappa shape index (κ1) is 57.7. The summed E-state index contributed by atoms with van der Waals surface area (Å²) in [7, 11) is 0. The van der Waals surface area contributed by atoms with E-state index >= 15 is 0 Å². The van der Waals surface area contributed by atoms with Crippen LogP contribution in [0.3, 0.4) is 0 Å². The maximum atomic E-state index is 12.1. The lowest BCUT2D eigenvalue weighted by Crippen LogP contribution is -2.42. The molecule has 440 valence electrons. The number of hydrogen-bond acceptors (Lipinski definition) is 18. The summed E-state index contributed by atoms with van der Waals surface area (Å²) in [5.41, 5.74) is 13.2. The third-order valence-corrected chi connectivity index (χ3v) is 16.8. The molecule has 2 amide bonds. The van der Waals surface area contributed by atoms with Crippen molar-refractivity contribution in [2.75, 3.05) is 60.1 Å². The van der Waals surface area contributed by atoms with E-state index in [0.717, 1.165) is 32.5 Å². The number of nitrogens with zero attached hydrogens (tertiary/aromatic N) is 9. The fourth-order valence-corrected chi connectivity index (χ4v) is 12.2. The Bertz CT molecular complexity index is 3380. The lowest BCUT2D eigenvalue weighted by molar-refractivity contribution is -0.123. The van der Waals surface area contributed by atoms with Gasteiger partial charge >= 0.3 is 0 Å². The second kappa shape index (κ2) is 26.2. The molecule has 0 spiro atoms. The summed E-state index contributed by atoms with van der Waals surface area (Å²) in [6.45, 7) is 7.79. The van der Waals surface area contributed by atoms with Gasteiger partial charge < -0.3 is 72.1 Å². The van der Waals surface area contributed by atoms with Crippen LogP contribution in [-0.2, 0) is 9.59 Å². The number of aromatic nitrogens is 8. The lowest BCUT2D eigenvalue weighted by atomic mass is 9.91. The summed E-state index contributed by atoms with van der Waals surface area (Å²) in [6, 6.07) is 39.5. The highest BCUT2D eigenvalue weighted by atomic mass is 16.3. The van der Waals surface area contributed by atoms with Crippen molar-refractivity contribution in [3.8, 4) is 0 Å². The van der Waals surface area contributed by atoms with Gasteiger partial charge in [-0.3, -0.25) is 9.59 Å². The molecule has 0 radical (unpaired) electrons. The van der Waals surface area contributed by atoms with Gasteiger partial charge in [0.2, 0.25) is 23.7 Å². The number of anilines is 4. The predicted octanol–water partition coefficient (Wildman–Crippen LogP) is 4.57. The Hall–Kier alpha value is -8.12. The molecule has 12 N–H and O–H groups in total. The van der Waals surface area contributed by atoms with Crippen molar-refractivity contribution in [2.24, 2.45) is 5.73 Å². The van der Waals surface area contributed by atoms with Gasteiger partial charge in [0.15, 0.2) is 34.0 Å². The first-order chi connectivity index (χ1) is 40.9. The predicted molar refractivity (Wildman–Crippen MR) is 323 cm³/mol. The van der Waals surface area contributed by atoms with Crippen LogP contribution in [-0.4, -0.2) is 159 Å². The molecule has 0 bridgehead atoms. The van der Waals surface area contributed by atoms with Crippen molar-refractivity contribution in [3.63, 3.8) is 0 Å². The maximum Gasteiger partial charge on any atom is 0.229 e. The Labute approximate surface area is 487 Å². The Morgan fingerprint density at radius 1 is 0.607 bits per heavy atom. The molecule has 84 heavy (non-hydrogen) atoms. The van der Waals surface area contributed by atoms with Gasteiger partial charge in [-0.1, -0.05) is 135 Å². The highest BCUT2D eigenvalue weighted by Gasteiger charge is 2.45. The van der Waals surface area contributed by atoms with Crippen LogP contribution in [0, 0.1) is 0 Å². The molecule has 22 heteroatoms. The minimum absolute atomic E-state index is 0.0425. The van der Waals surface area contributed by atoms with Gasteiger partial charge in [-0.2, -0.15) is 19.9 Å². The van der Waals surface area contributed by atoms with Crippen LogP contribution >= 0.6 is 0 Å². The number of nitrogens with two attached hydrogens (primary N) is 1. The molecule has 4 fully saturated rings. The molecule has 22 nitrogen and oxygen atoms in total. The van der Waals surface area contributed by atoms with Crippen molar-refractivity contribution in [2.45, 2.75) is 125 Å². The molecular weight excluding hydrogens is 1060 g/mol. The average molecular weight is 1140 g/mol. The Morgan fingerprint density at radius 2 is 1.06 bits per heavy atom. The Kier molecular flexibility index (Phi) is 18.0. The van der Waals surface area contributed by atoms with Crippen molar-refractivity contribution < 1.29 is 30.0 Å². The first-order valence-electron chi connectivity index (χ1n) is 29.4. The number of rotatable bonds is 19. The zero-order valence-electron chi connectivity index (χ0n) is 47.3. The normalized spacial score (nSPS) is 23.9. The van der Waals surface area contributed by atoms with Gasteiger partial charge in [0, 0.05) is 69.5 Å². The highest BCUT2D eigenvalue weighted by molar-refractivity contribution is 5.86. The van der Waals surface area contributed by atoms with E-state index in [2.05, 4.69) is 95.3 Å². The smallest absolute Gasteiger partial charge is 0.229 e. The number of aliphatic hydroxyl groups excluding tert-OH is 4. The zero-order valence-corrected chi connectivity index (χ0v) is 47.3. The van der Waals surface area contributed by atoms with Crippen molar-refractivity contribution in [1.82, 2.24) is 55.0 Å². The van der Waals surface area contributed by atoms with Gasteiger partial charge in [0.25, 0.3) is 0 Å². The molecule has 8 aromatic rings. The number of carbonyl (C=O) groups excluding carboxylic acids is 2. The quantitative estimate of drug-likeness (QED) is 0.0528. The van der Waals surface area contributed by atoms with E-state index in [4.69, 9.17) is 25.7 Å². The van der Waals surface area contributed by atoms with Gasteiger partial charge in [-0.15, -0.1) is 0 Å². The van der Waals surface area contributed by atoms with Crippen LogP contribution in [0.2, 0.25) is 0 Å². The number of amides is 2. The minimum atomic E-state index is -1.10. The van der Waals surface area contributed by atoms with E-state index in [9.17, 15) is 30.0 Å². The summed E-state index contributed by atoms with van der Waals surface area (Å²) in [4.78, 5) is 55.0. The number of nitrogens with one attached hydrogen (secondary N) is 6. The summed E-state index contributed by atoms with van der Waals surface area (Å²) < 4.78 is 3.61. The number of fused-ring (bicyclic) bond motifs is 2. The van der Waals surface area contributed by atoms with Crippen molar-refractivity contribution in [3.05, 3.63) is 156 Å². The van der Waals surface area contributed by atoms with E-state index in [-0.39, 0.29) is 35.7 Å². The van der Waals surface area contributed by atoms with E-state index < -0.39 is 48.6 Å². The lowest BCUT2D eigenvalue weighted by Gasteiger charge is -2.22. The second-order valence-corrected chi connectivity index (χ2v) is 22.4. The summed E-state index contributed by atoms with van der Waals surface area (Å²) in [5.74, 6) is 2.00. The Morgan fingerprint density at radius 3 is 1.48 bits per heavy atom.